The summed E-state index contributed by atoms with van der Waals surface area (Å²) in [7, 11) is -4.10. The Morgan fingerprint density at radius 1 is 1.07 bits per heavy atom. The lowest BCUT2D eigenvalue weighted by molar-refractivity contribution is 0.305. The van der Waals surface area contributed by atoms with E-state index in [0.717, 1.165) is 29.8 Å². The zero-order chi connectivity index (χ0) is 20.9. The van der Waals surface area contributed by atoms with Gasteiger partial charge in [0.1, 0.15) is 29.1 Å². The number of halogens is 2. The van der Waals surface area contributed by atoms with Gasteiger partial charge in [-0.1, -0.05) is 46.3 Å². The van der Waals surface area contributed by atoms with Crippen molar-refractivity contribution in [1.82, 2.24) is 0 Å². The van der Waals surface area contributed by atoms with Crippen LogP contribution in [0.4, 0.5) is 4.39 Å². The molecule has 0 bridgehead atoms. The Balaban J connectivity index is 1.97. The molecule has 7 heteroatoms. The predicted molar refractivity (Wildman–Crippen MR) is 112 cm³/mol. The van der Waals surface area contributed by atoms with Crippen LogP contribution < -0.4 is 4.74 Å². The summed E-state index contributed by atoms with van der Waals surface area (Å²) >= 11 is 3.35. The van der Waals surface area contributed by atoms with Gasteiger partial charge in [0.25, 0.3) is 0 Å². The minimum absolute atomic E-state index is 0.159. The molecule has 0 unspecified atom stereocenters. The molecule has 0 radical (unpaired) electrons. The third-order valence-corrected chi connectivity index (χ3v) is 6.19. The number of nitriles is 1. The average molecular weight is 472 g/mol. The Morgan fingerprint density at radius 2 is 1.76 bits per heavy atom. The molecule has 0 saturated carbocycles. The molecule has 146 valence electrons. The van der Waals surface area contributed by atoms with Crippen LogP contribution in [-0.4, -0.2) is 8.42 Å². The molecular weight excluding hydrogens is 457 g/mol. The standard InChI is InChI=1S/C22H15BrFNO3S/c23-18-6-11-22(28-15-16-4-2-1-3-5-16)17(12-18)13-21(14-25)29(26,27)20-9-7-19(24)8-10-20/h1-13H,15H2/b21-13+. The van der Waals surface area contributed by atoms with Crippen molar-refractivity contribution in [3.63, 3.8) is 0 Å². The number of ether oxygens (including phenoxy) is 1. The molecule has 0 N–H and O–H groups in total. The Hall–Kier alpha value is -2.95. The molecular formula is C22H15BrFNO3S. The Labute approximate surface area is 176 Å². The molecule has 0 aliphatic carbocycles. The van der Waals surface area contributed by atoms with Crippen LogP contribution in [-0.2, 0) is 16.4 Å². The van der Waals surface area contributed by atoms with Gasteiger partial charge in [-0.3, -0.25) is 0 Å². The van der Waals surface area contributed by atoms with Crippen molar-refractivity contribution in [2.45, 2.75) is 11.5 Å². The van der Waals surface area contributed by atoms with Gasteiger partial charge in [-0.2, -0.15) is 5.26 Å². The molecule has 3 aromatic carbocycles. The van der Waals surface area contributed by atoms with Crippen LogP contribution in [0.1, 0.15) is 11.1 Å². The van der Waals surface area contributed by atoms with Crippen molar-refractivity contribution in [2.24, 2.45) is 0 Å². The molecule has 0 atom stereocenters. The quantitative estimate of drug-likeness (QED) is 0.351. The van der Waals surface area contributed by atoms with E-state index in [1.165, 1.54) is 6.08 Å². The van der Waals surface area contributed by atoms with Crippen LogP contribution in [0, 0.1) is 17.1 Å². The molecule has 0 fully saturated rings. The third-order valence-electron chi connectivity index (χ3n) is 4.02. The smallest absolute Gasteiger partial charge is 0.216 e. The first-order valence-electron chi connectivity index (χ1n) is 8.49. The molecule has 0 saturated heterocycles. The maximum absolute atomic E-state index is 13.1. The van der Waals surface area contributed by atoms with Crippen molar-refractivity contribution in [3.05, 3.63) is 99.1 Å². The second-order valence-electron chi connectivity index (χ2n) is 6.03. The zero-order valence-electron chi connectivity index (χ0n) is 15.0. The Bertz CT molecular complexity index is 1180. The van der Waals surface area contributed by atoms with E-state index < -0.39 is 20.6 Å². The largest absolute Gasteiger partial charge is 0.488 e. The first-order chi connectivity index (χ1) is 13.9. The van der Waals surface area contributed by atoms with Crippen LogP contribution in [0.3, 0.4) is 0 Å². The van der Waals surface area contributed by atoms with Crippen LogP contribution in [0.15, 0.2) is 87.1 Å². The van der Waals surface area contributed by atoms with Gasteiger partial charge in [0.15, 0.2) is 0 Å². The number of hydrogen-bond acceptors (Lipinski definition) is 4. The minimum atomic E-state index is -4.10. The first-order valence-corrected chi connectivity index (χ1v) is 10.8. The van der Waals surface area contributed by atoms with Crippen LogP contribution in [0.2, 0.25) is 0 Å². The zero-order valence-corrected chi connectivity index (χ0v) is 17.5. The van der Waals surface area contributed by atoms with E-state index in [9.17, 15) is 18.1 Å². The van der Waals surface area contributed by atoms with E-state index in [-0.39, 0.29) is 11.5 Å². The van der Waals surface area contributed by atoms with Gasteiger partial charge >= 0.3 is 0 Å². The van der Waals surface area contributed by atoms with Gasteiger partial charge < -0.3 is 4.74 Å². The highest BCUT2D eigenvalue weighted by molar-refractivity contribution is 9.10. The highest BCUT2D eigenvalue weighted by Gasteiger charge is 2.21. The van der Waals surface area contributed by atoms with Gasteiger partial charge in [-0.05, 0) is 54.1 Å². The summed E-state index contributed by atoms with van der Waals surface area (Å²) < 4.78 is 45.2. The Morgan fingerprint density at radius 3 is 2.41 bits per heavy atom. The van der Waals surface area contributed by atoms with Crippen molar-refractivity contribution in [2.75, 3.05) is 0 Å². The van der Waals surface area contributed by atoms with Gasteiger partial charge in [-0.25, -0.2) is 12.8 Å². The summed E-state index contributed by atoms with van der Waals surface area (Å²) in [5.41, 5.74) is 1.38. The number of sulfone groups is 1. The number of nitrogens with zero attached hydrogens (tertiary/aromatic N) is 1. The van der Waals surface area contributed by atoms with Gasteiger partial charge in [0.05, 0.1) is 4.90 Å². The maximum atomic E-state index is 13.1. The normalized spacial score (nSPS) is 11.7. The van der Waals surface area contributed by atoms with E-state index in [0.29, 0.717) is 15.8 Å². The number of rotatable bonds is 6. The summed E-state index contributed by atoms with van der Waals surface area (Å²) in [6.45, 7) is 0.288. The van der Waals surface area contributed by atoms with Crippen molar-refractivity contribution in [1.29, 1.82) is 5.26 Å². The summed E-state index contributed by atoms with van der Waals surface area (Å²) in [5.74, 6) is -0.130. The average Bonchev–Trinajstić information content (AvgIpc) is 2.72. The predicted octanol–water partition coefficient (Wildman–Crippen LogP) is 5.51. The van der Waals surface area contributed by atoms with Crippen molar-refractivity contribution >= 4 is 31.8 Å². The summed E-state index contributed by atoms with van der Waals surface area (Å²) in [5, 5.41) is 9.48. The van der Waals surface area contributed by atoms with Gasteiger partial charge in [0.2, 0.25) is 9.84 Å². The van der Waals surface area contributed by atoms with Crippen molar-refractivity contribution in [3.8, 4) is 11.8 Å². The molecule has 0 aliphatic heterocycles. The number of benzene rings is 3. The highest BCUT2D eigenvalue weighted by atomic mass is 79.9. The molecule has 0 heterocycles. The van der Waals surface area contributed by atoms with Crippen LogP contribution in [0.25, 0.3) is 6.08 Å². The van der Waals surface area contributed by atoms with Crippen LogP contribution >= 0.6 is 15.9 Å². The van der Waals surface area contributed by atoms with E-state index in [1.54, 1.807) is 24.3 Å². The fourth-order valence-electron chi connectivity index (χ4n) is 2.55. The Kier molecular flexibility index (Phi) is 6.47. The molecule has 4 nitrogen and oxygen atoms in total. The summed E-state index contributed by atoms with van der Waals surface area (Å²) in [4.78, 5) is -0.625. The molecule has 0 amide bonds. The van der Waals surface area contributed by atoms with Crippen LogP contribution in [0.5, 0.6) is 5.75 Å². The molecule has 0 spiro atoms. The first kappa shape index (κ1) is 20.8. The molecule has 0 aliphatic rings. The summed E-state index contributed by atoms with van der Waals surface area (Å²) in [6.07, 6.45) is 1.25. The molecule has 3 rings (SSSR count). The monoisotopic (exact) mass is 471 g/mol. The van der Waals surface area contributed by atoms with E-state index in [1.807, 2.05) is 30.3 Å². The van der Waals surface area contributed by atoms with Gasteiger partial charge in [0, 0.05) is 10.0 Å². The summed E-state index contributed by atoms with van der Waals surface area (Å²) in [6, 6.07) is 20.7. The van der Waals surface area contributed by atoms with Crippen molar-refractivity contribution < 1.29 is 17.5 Å². The molecule has 0 aromatic heterocycles. The second kappa shape index (κ2) is 9.03. The SMILES string of the molecule is N#C/C(=C\c1cc(Br)ccc1OCc1ccccc1)S(=O)(=O)c1ccc(F)cc1. The molecule has 3 aromatic rings. The van der Waals surface area contributed by atoms with Gasteiger partial charge in [-0.15, -0.1) is 0 Å². The minimum Gasteiger partial charge on any atom is -0.488 e. The lowest BCUT2D eigenvalue weighted by Crippen LogP contribution is -2.04. The maximum Gasteiger partial charge on any atom is 0.216 e. The fraction of sp³-hybridized carbons (Fsp3) is 0.0455. The third kappa shape index (κ3) is 5.11. The van der Waals surface area contributed by atoms with E-state index >= 15 is 0 Å². The second-order valence-corrected chi connectivity index (χ2v) is 8.87. The lowest BCUT2D eigenvalue weighted by atomic mass is 10.2. The fourth-order valence-corrected chi connectivity index (χ4v) is 4.08. The number of allylic oxidation sites excluding steroid dienone is 1. The topological polar surface area (TPSA) is 67.2 Å². The lowest BCUT2D eigenvalue weighted by Gasteiger charge is -2.11. The highest BCUT2D eigenvalue weighted by Crippen LogP contribution is 2.29. The van der Waals surface area contributed by atoms with E-state index in [4.69, 9.17) is 4.74 Å². The van der Waals surface area contributed by atoms with E-state index in [2.05, 4.69) is 15.9 Å². The number of hydrogen-bond donors (Lipinski definition) is 0. The molecule has 29 heavy (non-hydrogen) atoms.